The number of nitrogens with zero attached hydrogens (tertiary/aromatic N) is 4. The van der Waals surface area contributed by atoms with E-state index in [1.807, 2.05) is 37.6 Å². The molecule has 0 aliphatic carbocycles. The van der Waals surface area contributed by atoms with E-state index in [2.05, 4.69) is 20.6 Å². The van der Waals surface area contributed by atoms with Gasteiger partial charge in [0.1, 0.15) is 11.9 Å². The topological polar surface area (TPSA) is 74.6 Å². The molecule has 0 aliphatic heterocycles. The van der Waals surface area contributed by atoms with Crippen LogP contribution in [0.3, 0.4) is 0 Å². The van der Waals surface area contributed by atoms with Gasteiger partial charge in [0.25, 0.3) is 0 Å². The van der Waals surface area contributed by atoms with Crippen LogP contribution < -0.4 is 10.6 Å². The number of imidazole rings is 1. The third-order valence-corrected chi connectivity index (χ3v) is 3.43. The van der Waals surface area contributed by atoms with E-state index < -0.39 is 0 Å². The van der Waals surface area contributed by atoms with Gasteiger partial charge in [0.2, 0.25) is 5.91 Å². The van der Waals surface area contributed by atoms with Crippen LogP contribution in [0.1, 0.15) is 20.8 Å². The van der Waals surface area contributed by atoms with E-state index in [0.717, 1.165) is 0 Å². The van der Waals surface area contributed by atoms with Crippen LogP contribution in [0, 0.1) is 0 Å². The molecule has 2 aromatic heterocycles. The van der Waals surface area contributed by atoms with Gasteiger partial charge in [-0.15, -0.1) is 0 Å². The number of carbonyl (C=O) groups is 1. The number of fused-ring (bicyclic) bond motifs is 1. The van der Waals surface area contributed by atoms with Crippen LogP contribution >= 0.6 is 0 Å². The van der Waals surface area contributed by atoms with Crippen LogP contribution in [0.5, 0.6) is 0 Å². The Hall–Kier alpha value is -2.31. The zero-order chi connectivity index (χ0) is 15.4. The minimum Gasteiger partial charge on any atom is -0.372 e. The predicted octanol–water partition coefficient (Wildman–Crippen LogP) is 1.44. The Morgan fingerprint density at radius 3 is 2.76 bits per heavy atom. The van der Waals surface area contributed by atoms with Crippen molar-refractivity contribution < 1.29 is 4.79 Å². The number of hydrogen-bond acceptors (Lipinski definition) is 5. The van der Waals surface area contributed by atoms with E-state index in [9.17, 15) is 4.79 Å². The van der Waals surface area contributed by atoms with Gasteiger partial charge in [0, 0.05) is 32.5 Å². The molecule has 0 aliphatic rings. The fourth-order valence-electron chi connectivity index (χ4n) is 2.22. The Morgan fingerprint density at radius 1 is 1.43 bits per heavy atom. The third-order valence-electron chi connectivity index (χ3n) is 3.43. The number of anilines is 2. The summed E-state index contributed by atoms with van der Waals surface area (Å²) >= 11 is 0. The first-order valence-corrected chi connectivity index (χ1v) is 7.17. The van der Waals surface area contributed by atoms with Gasteiger partial charge in [-0.1, -0.05) is 0 Å². The first-order valence-electron chi connectivity index (χ1n) is 7.17. The monoisotopic (exact) mass is 290 g/mol. The average Bonchev–Trinajstić information content (AvgIpc) is 2.96. The van der Waals surface area contributed by atoms with Crippen molar-refractivity contribution in [3.8, 4) is 0 Å². The number of carbonyl (C=O) groups excluding carboxylic acids is 1. The van der Waals surface area contributed by atoms with Crippen LogP contribution in [0.25, 0.3) is 5.65 Å². The molecular formula is C14H22N6O. The normalized spacial score (nSPS) is 12.2. The molecular weight excluding hydrogens is 268 g/mol. The van der Waals surface area contributed by atoms with Gasteiger partial charge < -0.3 is 19.9 Å². The second-order valence-electron chi connectivity index (χ2n) is 4.76. The zero-order valence-corrected chi connectivity index (χ0v) is 12.9. The van der Waals surface area contributed by atoms with Crippen molar-refractivity contribution in [1.29, 1.82) is 0 Å². The zero-order valence-electron chi connectivity index (χ0n) is 12.9. The van der Waals surface area contributed by atoms with E-state index >= 15 is 0 Å². The minimum absolute atomic E-state index is 0.0568. The molecule has 21 heavy (non-hydrogen) atoms. The molecule has 7 nitrogen and oxygen atoms in total. The highest BCUT2D eigenvalue weighted by atomic mass is 16.2. The summed E-state index contributed by atoms with van der Waals surface area (Å²) in [5.74, 6) is 1.37. The van der Waals surface area contributed by atoms with Gasteiger partial charge >= 0.3 is 0 Å². The Balaban J connectivity index is 2.26. The molecule has 1 atom stereocenters. The van der Waals surface area contributed by atoms with Crippen molar-refractivity contribution in [1.82, 2.24) is 19.3 Å². The summed E-state index contributed by atoms with van der Waals surface area (Å²) in [5, 5.41) is 6.17. The lowest BCUT2D eigenvalue weighted by atomic mass is 10.2. The molecule has 2 heterocycles. The van der Waals surface area contributed by atoms with Crippen molar-refractivity contribution in [3.63, 3.8) is 0 Å². The van der Waals surface area contributed by atoms with E-state index in [-0.39, 0.29) is 11.9 Å². The van der Waals surface area contributed by atoms with Gasteiger partial charge in [-0.25, -0.2) is 9.97 Å². The highest BCUT2D eigenvalue weighted by molar-refractivity contribution is 5.85. The number of nitrogens with one attached hydrogen (secondary N) is 2. The fourth-order valence-corrected chi connectivity index (χ4v) is 2.22. The van der Waals surface area contributed by atoms with E-state index in [4.69, 9.17) is 0 Å². The van der Waals surface area contributed by atoms with E-state index in [1.54, 1.807) is 18.1 Å². The largest absolute Gasteiger partial charge is 0.372 e. The summed E-state index contributed by atoms with van der Waals surface area (Å²) in [6.45, 7) is 7.18. The summed E-state index contributed by atoms with van der Waals surface area (Å²) in [5.41, 5.74) is 0.702. The second-order valence-corrected chi connectivity index (χ2v) is 4.76. The lowest BCUT2D eigenvalue weighted by molar-refractivity contribution is -0.131. The van der Waals surface area contributed by atoms with E-state index in [0.29, 0.717) is 30.4 Å². The van der Waals surface area contributed by atoms with Gasteiger partial charge in [0.15, 0.2) is 11.5 Å². The van der Waals surface area contributed by atoms with Crippen molar-refractivity contribution in [3.05, 3.63) is 18.6 Å². The predicted molar refractivity (Wildman–Crippen MR) is 83.5 cm³/mol. The molecule has 2 aromatic rings. The fraction of sp³-hybridized carbons (Fsp3) is 0.500. The number of likely N-dealkylation sites (N-methyl/N-ethyl adjacent to an activating group) is 1. The van der Waals surface area contributed by atoms with Crippen LogP contribution in [-0.4, -0.2) is 51.4 Å². The van der Waals surface area contributed by atoms with Crippen LogP contribution in [0.4, 0.5) is 11.6 Å². The molecule has 0 fully saturated rings. The summed E-state index contributed by atoms with van der Waals surface area (Å²) in [7, 11) is 1.80. The quantitative estimate of drug-likeness (QED) is 0.842. The number of hydrogen-bond donors (Lipinski definition) is 2. The molecule has 0 spiro atoms. The molecule has 0 bridgehead atoms. The lowest BCUT2D eigenvalue weighted by Crippen LogP contribution is -2.41. The van der Waals surface area contributed by atoms with Crippen molar-refractivity contribution in [2.75, 3.05) is 30.8 Å². The lowest BCUT2D eigenvalue weighted by Gasteiger charge is -2.24. The van der Waals surface area contributed by atoms with Crippen LogP contribution in [-0.2, 0) is 4.79 Å². The molecule has 0 saturated heterocycles. The molecule has 0 saturated carbocycles. The van der Waals surface area contributed by atoms with E-state index in [1.165, 1.54) is 0 Å². The first kappa shape index (κ1) is 15.1. The molecule has 114 valence electrons. The maximum Gasteiger partial charge on any atom is 0.244 e. The molecule has 1 amide bonds. The van der Waals surface area contributed by atoms with Gasteiger partial charge in [-0.3, -0.25) is 4.79 Å². The summed E-state index contributed by atoms with van der Waals surface area (Å²) in [6, 6.07) is -0.356. The van der Waals surface area contributed by atoms with Gasteiger partial charge in [-0.2, -0.15) is 0 Å². The van der Waals surface area contributed by atoms with Gasteiger partial charge in [0.05, 0.1) is 6.20 Å². The van der Waals surface area contributed by atoms with Crippen LogP contribution in [0.15, 0.2) is 18.6 Å². The SMILES string of the molecule is CCN(CC)C(=O)C(C)Nc1nc(NC)cn2ccnc12. The van der Waals surface area contributed by atoms with Crippen LogP contribution in [0.2, 0.25) is 0 Å². The Bertz CT molecular complexity index is 619. The minimum atomic E-state index is -0.356. The summed E-state index contributed by atoms with van der Waals surface area (Å²) in [4.78, 5) is 22.9. The number of aromatic nitrogens is 3. The van der Waals surface area contributed by atoms with Crippen molar-refractivity contribution >= 4 is 23.2 Å². The molecule has 2 rings (SSSR count). The van der Waals surface area contributed by atoms with Gasteiger partial charge in [-0.05, 0) is 20.8 Å². The highest BCUT2D eigenvalue weighted by Crippen LogP contribution is 2.17. The smallest absolute Gasteiger partial charge is 0.244 e. The summed E-state index contributed by atoms with van der Waals surface area (Å²) < 4.78 is 1.87. The van der Waals surface area contributed by atoms with Crippen molar-refractivity contribution in [2.45, 2.75) is 26.8 Å². The molecule has 0 radical (unpaired) electrons. The maximum absolute atomic E-state index is 12.3. The Morgan fingerprint density at radius 2 is 2.14 bits per heavy atom. The second kappa shape index (κ2) is 6.43. The molecule has 7 heteroatoms. The molecule has 1 unspecified atom stereocenters. The molecule has 0 aromatic carbocycles. The molecule has 2 N–H and O–H groups in total. The first-order chi connectivity index (χ1) is 10.1. The summed E-state index contributed by atoms with van der Waals surface area (Å²) in [6.07, 6.45) is 5.41. The highest BCUT2D eigenvalue weighted by Gasteiger charge is 2.20. The Labute approximate surface area is 124 Å². The van der Waals surface area contributed by atoms with Crippen molar-refractivity contribution in [2.24, 2.45) is 0 Å². The number of rotatable bonds is 6. The standard InChI is InChI=1S/C14H22N6O/c1-5-19(6-2)14(21)10(3)17-12-13-16-7-8-20(13)9-11(15-4)18-12/h7-10,15H,5-6H2,1-4H3,(H,17,18). The third kappa shape index (κ3) is 3.07. The average molecular weight is 290 g/mol. The number of amides is 1. The maximum atomic E-state index is 12.3. The Kier molecular flexibility index (Phi) is 4.62.